The molecule has 0 fully saturated rings. The van der Waals surface area contributed by atoms with Gasteiger partial charge in [-0.1, -0.05) is 430 Å². The Morgan fingerprint density at radius 1 is 0.160 bits per heavy atom. The summed E-state index contributed by atoms with van der Waals surface area (Å²) in [5, 5.41) is 0. The maximum Gasteiger partial charge on any atom is 0.160 e. The van der Waals surface area contributed by atoms with Crippen molar-refractivity contribution in [2.24, 2.45) is 0 Å². The maximum absolute atomic E-state index is 6.96. The van der Waals surface area contributed by atoms with E-state index in [2.05, 4.69) is 565 Å². The molecule has 0 spiro atoms. The van der Waals surface area contributed by atoms with Gasteiger partial charge in [0.1, 0.15) is 0 Å². The Kier molecular flexibility index (Phi) is 21.7. The fraction of sp³-hybridized carbons (Fsp3) is 0.0704. The lowest BCUT2D eigenvalue weighted by Gasteiger charge is -2.36. The summed E-state index contributed by atoms with van der Waals surface area (Å²) in [7, 11) is 0. The molecular formula is C142H104N4O4. The molecule has 0 N–H and O–H groups in total. The number of para-hydroxylation sites is 12. The van der Waals surface area contributed by atoms with Crippen LogP contribution in [0.2, 0.25) is 0 Å². The topological polar surface area (TPSA) is 49.9 Å². The van der Waals surface area contributed by atoms with Gasteiger partial charge in [-0.25, -0.2) is 0 Å². The first-order chi connectivity index (χ1) is 73.7. The van der Waals surface area contributed by atoms with E-state index < -0.39 is 5.41 Å². The summed E-state index contributed by atoms with van der Waals surface area (Å²) in [6.07, 6.45) is 0. The first-order valence-corrected chi connectivity index (χ1v) is 51.8. The molecule has 0 aromatic heterocycles. The zero-order valence-corrected chi connectivity index (χ0v) is 84.1. The Bertz CT molecular complexity index is 8970. The summed E-state index contributed by atoms with van der Waals surface area (Å²) in [5.41, 5.74) is 44.4. The van der Waals surface area contributed by atoms with Crippen molar-refractivity contribution >= 4 is 68.2 Å². The lowest BCUT2D eigenvalue weighted by atomic mass is 9.67. The van der Waals surface area contributed by atoms with Crippen molar-refractivity contribution in [1.82, 2.24) is 0 Å². The van der Waals surface area contributed by atoms with E-state index >= 15 is 0 Å². The SMILES string of the molecule is CC1(C)c2cc(-c3ccccc3)ccc2-c2c1cc(-c1ccccc1)c1c2Oc2ccccc2N1c1ccccc1.CC1(C)c2cc(-c3ccccc3)ccc2-c2c1ccc1c2Oc2ccccc2N1c1ccccc1.CC1(C)c2ccccc2-c2c1cc(-c1ccccc1)c1c2Oc2ccccc2N1c1ccccc1.c1ccc(N2c3ccccc3Oc3c2ccc2c3-c3ccccc3C2(c2ccccc2)c2ccccc2)cc1. The van der Waals surface area contributed by atoms with E-state index in [1.807, 2.05) is 18.2 Å². The van der Waals surface area contributed by atoms with Gasteiger partial charge in [0.05, 0.1) is 50.9 Å². The Hall–Kier alpha value is -18.8. The number of nitrogens with zero attached hydrogens (tertiary/aromatic N) is 4. The average Bonchev–Trinajstić information content (AvgIpc) is 1.55. The molecular weight excluding hydrogens is 1830 g/mol. The van der Waals surface area contributed by atoms with E-state index in [9.17, 15) is 0 Å². The van der Waals surface area contributed by atoms with Gasteiger partial charge >= 0.3 is 0 Å². The number of hydrogen-bond acceptors (Lipinski definition) is 8. The Labute approximate surface area is 876 Å². The normalized spacial score (nSPS) is 14.2. The van der Waals surface area contributed by atoms with E-state index in [0.717, 1.165) is 120 Å². The van der Waals surface area contributed by atoms with Crippen LogP contribution in [-0.2, 0) is 21.7 Å². The molecule has 8 aliphatic rings. The molecule has 4 heterocycles. The third-order valence-electron chi connectivity index (χ3n) is 31.7. The summed E-state index contributed by atoms with van der Waals surface area (Å²) >= 11 is 0. The molecule has 22 aromatic rings. The molecule has 4 aliphatic heterocycles. The minimum absolute atomic E-state index is 0.123. The second kappa shape index (κ2) is 36.2. The smallest absolute Gasteiger partial charge is 0.160 e. The number of fused-ring (bicyclic) bond motifs is 24. The van der Waals surface area contributed by atoms with Gasteiger partial charge in [-0.3, -0.25) is 0 Å². The number of anilines is 12. The number of rotatable bonds is 10. The van der Waals surface area contributed by atoms with Gasteiger partial charge in [0, 0.05) is 72.4 Å². The predicted molar refractivity (Wildman–Crippen MR) is 617 cm³/mol. The van der Waals surface area contributed by atoms with Gasteiger partial charge in [-0.15, -0.1) is 0 Å². The second-order valence-corrected chi connectivity index (χ2v) is 41.1. The van der Waals surface area contributed by atoms with E-state index in [-0.39, 0.29) is 16.2 Å². The van der Waals surface area contributed by atoms with Crippen molar-refractivity contribution in [3.05, 3.63) is 577 Å². The van der Waals surface area contributed by atoms with Crippen molar-refractivity contribution in [2.75, 3.05) is 19.6 Å². The third kappa shape index (κ3) is 14.5. The van der Waals surface area contributed by atoms with Crippen LogP contribution in [0.1, 0.15) is 97.2 Å². The Morgan fingerprint density at radius 2 is 0.427 bits per heavy atom. The van der Waals surface area contributed by atoms with Crippen molar-refractivity contribution in [3.63, 3.8) is 0 Å². The molecule has 0 atom stereocenters. The van der Waals surface area contributed by atoms with Gasteiger partial charge in [0.25, 0.3) is 0 Å². The van der Waals surface area contributed by atoms with Crippen molar-refractivity contribution < 1.29 is 18.9 Å². The molecule has 0 bridgehead atoms. The molecule has 150 heavy (non-hydrogen) atoms. The molecule has 716 valence electrons. The van der Waals surface area contributed by atoms with Gasteiger partial charge in [0.15, 0.2) is 46.0 Å². The zero-order valence-electron chi connectivity index (χ0n) is 84.1. The molecule has 22 aromatic carbocycles. The largest absolute Gasteiger partial charge is 0.452 e. The first-order valence-electron chi connectivity index (χ1n) is 51.8. The summed E-state index contributed by atoms with van der Waals surface area (Å²) in [4.78, 5) is 9.38. The molecule has 0 radical (unpaired) electrons. The highest BCUT2D eigenvalue weighted by Gasteiger charge is 2.51. The molecule has 0 unspecified atom stereocenters. The van der Waals surface area contributed by atoms with Crippen LogP contribution in [0.5, 0.6) is 46.0 Å². The summed E-state index contributed by atoms with van der Waals surface area (Å²) < 4.78 is 27.3. The van der Waals surface area contributed by atoms with Crippen LogP contribution in [0.15, 0.2) is 522 Å². The van der Waals surface area contributed by atoms with Gasteiger partial charge in [-0.2, -0.15) is 0 Å². The fourth-order valence-electron chi connectivity index (χ4n) is 24.7. The highest BCUT2D eigenvalue weighted by molar-refractivity contribution is 6.07. The summed E-state index contributed by atoms with van der Waals surface area (Å²) in [6, 6.07) is 185. The van der Waals surface area contributed by atoms with Crippen molar-refractivity contribution in [2.45, 2.75) is 63.2 Å². The lowest BCUT2D eigenvalue weighted by molar-refractivity contribution is 0.477. The second-order valence-electron chi connectivity index (χ2n) is 41.1. The minimum atomic E-state index is -0.457. The average molecular weight is 1930 g/mol. The predicted octanol–water partition coefficient (Wildman–Crippen LogP) is 39.0. The zero-order chi connectivity index (χ0) is 101. The van der Waals surface area contributed by atoms with Crippen LogP contribution in [0.4, 0.5) is 68.2 Å². The van der Waals surface area contributed by atoms with Crippen LogP contribution in [-0.4, -0.2) is 0 Å². The van der Waals surface area contributed by atoms with E-state index in [0.29, 0.717) is 0 Å². The number of benzene rings is 22. The summed E-state index contributed by atoms with van der Waals surface area (Å²) in [5.74, 6) is 7.16. The summed E-state index contributed by atoms with van der Waals surface area (Å²) in [6.45, 7) is 14.0. The van der Waals surface area contributed by atoms with Crippen molar-refractivity contribution in [3.8, 4) is 135 Å². The highest BCUT2D eigenvalue weighted by atomic mass is 16.5. The van der Waals surface area contributed by atoms with Gasteiger partial charge < -0.3 is 38.5 Å². The van der Waals surface area contributed by atoms with Gasteiger partial charge in [-0.05, 0) is 245 Å². The quantitative estimate of drug-likeness (QED) is 0.134. The fourth-order valence-corrected chi connectivity index (χ4v) is 24.7. The van der Waals surface area contributed by atoms with E-state index in [1.165, 1.54) is 139 Å². The van der Waals surface area contributed by atoms with Crippen LogP contribution in [0, 0.1) is 0 Å². The third-order valence-corrected chi connectivity index (χ3v) is 31.7. The van der Waals surface area contributed by atoms with Crippen LogP contribution >= 0.6 is 0 Å². The van der Waals surface area contributed by atoms with Crippen LogP contribution in [0.25, 0.3) is 89.0 Å². The lowest BCUT2D eigenvalue weighted by Crippen LogP contribution is -2.28. The van der Waals surface area contributed by atoms with Crippen LogP contribution in [0.3, 0.4) is 0 Å². The Balaban J connectivity index is 0.0000000985. The molecule has 4 aliphatic carbocycles. The Morgan fingerprint density at radius 3 is 0.813 bits per heavy atom. The van der Waals surface area contributed by atoms with E-state index in [1.54, 1.807) is 0 Å². The first kappa shape index (κ1) is 90.0. The molecule has 0 saturated heterocycles. The maximum atomic E-state index is 6.96. The highest BCUT2D eigenvalue weighted by Crippen LogP contribution is 2.69. The van der Waals surface area contributed by atoms with Gasteiger partial charge in [0.2, 0.25) is 0 Å². The monoisotopic (exact) mass is 1930 g/mol. The van der Waals surface area contributed by atoms with E-state index in [4.69, 9.17) is 18.9 Å². The number of hydrogen-bond donors (Lipinski definition) is 0. The molecule has 0 saturated carbocycles. The molecule has 8 nitrogen and oxygen atoms in total. The van der Waals surface area contributed by atoms with Crippen LogP contribution < -0.4 is 38.5 Å². The number of ether oxygens (including phenoxy) is 4. The molecule has 30 rings (SSSR count). The minimum Gasteiger partial charge on any atom is -0.452 e. The van der Waals surface area contributed by atoms with Crippen molar-refractivity contribution in [1.29, 1.82) is 0 Å². The molecule has 0 amide bonds. The standard InChI is InChI=1S/C39H29NO.C37H25NO.2C33H25NO/c1-39(2)32-24-28(26-14-6-3-7-15-26)22-23-30(32)36-33(39)25-31(27-16-8-4-9-17-27)37-38(36)41-35-21-13-12-20-34(35)40(37)29-18-10-5-11-19-29;1-4-14-26(15-5-1)37(27-16-6-2-7-17-27)30-21-11-10-20-29(30)35-31(37)24-25-33-36(35)39-34-23-13-12-22-32(34)38(33)28-18-8-3-9-19-28;1-33(2)26-18-10-9-17-24(26)30-27(33)21-25(22-13-5-3-6-14-22)31-32(30)35-29-20-12-11-19-28(29)34(31)23-15-7-4-8-16-23;1-33(2)26-19-20-29-32(31(26)25-18-17-23(21-27(25)33)22-11-5-3-6-12-22)35-30-16-10-9-15-28(30)34(29)24-13-7-4-8-14-24/h3-25H,1-2H3;1-25H;2*3-21H,1-2H3. The molecule has 8 heteroatoms.